The summed E-state index contributed by atoms with van der Waals surface area (Å²) in [5, 5.41) is 15.2. The minimum atomic E-state index is -1.31. The van der Waals surface area contributed by atoms with Crippen molar-refractivity contribution in [1.29, 1.82) is 0 Å². The minimum Gasteiger partial charge on any atom is -0.497 e. The second kappa shape index (κ2) is 13.8. The van der Waals surface area contributed by atoms with Crippen molar-refractivity contribution < 1.29 is 33.7 Å². The summed E-state index contributed by atoms with van der Waals surface area (Å²) < 4.78 is 16.0. The van der Waals surface area contributed by atoms with Gasteiger partial charge in [-0.25, -0.2) is 9.59 Å². The van der Waals surface area contributed by atoms with E-state index in [1.807, 2.05) is 72.8 Å². The number of alkyl carbamates (subject to hydrolysis) is 1. The summed E-state index contributed by atoms with van der Waals surface area (Å²) in [7, 11) is 3.15. The Labute approximate surface area is 255 Å². The Hall–Kier alpha value is -5.31. The third-order valence-corrected chi connectivity index (χ3v) is 7.80. The number of carboxylic acid groups (broad SMARTS) is 1. The van der Waals surface area contributed by atoms with Crippen LogP contribution in [0.3, 0.4) is 0 Å². The van der Waals surface area contributed by atoms with E-state index in [-0.39, 0.29) is 31.3 Å². The van der Waals surface area contributed by atoms with Gasteiger partial charge in [0.05, 0.1) is 20.3 Å². The molecule has 4 aromatic rings. The van der Waals surface area contributed by atoms with Crippen LogP contribution in [-0.4, -0.2) is 49.9 Å². The number of methoxy groups -OCH3 is 2. The number of carboxylic acids is 1. The first kappa shape index (κ1) is 30.2. The normalized spacial score (nSPS) is 12.5. The number of carbonyl (C=O) groups is 3. The van der Waals surface area contributed by atoms with Crippen LogP contribution in [0.4, 0.5) is 4.79 Å². The van der Waals surface area contributed by atoms with Gasteiger partial charge in [-0.2, -0.15) is 0 Å². The number of benzene rings is 4. The number of nitrogens with one attached hydrogen (secondary N) is 2. The summed E-state index contributed by atoms with van der Waals surface area (Å²) in [5.74, 6) is -0.431. The molecule has 2 amide bonds. The molecule has 0 saturated heterocycles. The molecule has 226 valence electrons. The largest absolute Gasteiger partial charge is 0.497 e. The zero-order chi connectivity index (χ0) is 31.1. The van der Waals surface area contributed by atoms with Crippen LogP contribution in [0.25, 0.3) is 11.1 Å². The summed E-state index contributed by atoms with van der Waals surface area (Å²) in [6.07, 6.45) is -1.11. The SMILES string of the molecule is COc1ccc(C(NC(=O)CC[C@@H](NC(=O)OCC2c3ccccc3-c3ccccc32)C(=O)O)c2ccc(OC)cc2)cc1. The number of rotatable bonds is 12. The summed E-state index contributed by atoms with van der Waals surface area (Å²) in [4.78, 5) is 37.8. The molecule has 0 fully saturated rings. The highest BCUT2D eigenvalue weighted by Gasteiger charge is 2.30. The summed E-state index contributed by atoms with van der Waals surface area (Å²) in [6.45, 7) is 0.0537. The van der Waals surface area contributed by atoms with Gasteiger partial charge in [-0.1, -0.05) is 72.8 Å². The lowest BCUT2D eigenvalue weighted by atomic mass is 9.98. The Balaban J connectivity index is 1.20. The van der Waals surface area contributed by atoms with E-state index in [9.17, 15) is 19.5 Å². The van der Waals surface area contributed by atoms with Crippen LogP contribution >= 0.6 is 0 Å². The molecule has 0 aromatic heterocycles. The van der Waals surface area contributed by atoms with Crippen LogP contribution in [-0.2, 0) is 14.3 Å². The second-order valence-electron chi connectivity index (χ2n) is 10.4. The predicted octanol–water partition coefficient (Wildman–Crippen LogP) is 5.68. The summed E-state index contributed by atoms with van der Waals surface area (Å²) in [5.41, 5.74) is 5.92. The Morgan fingerprint density at radius 1 is 0.727 bits per heavy atom. The van der Waals surface area contributed by atoms with Crippen LogP contribution < -0.4 is 20.1 Å². The van der Waals surface area contributed by atoms with Gasteiger partial charge in [0.2, 0.25) is 5.91 Å². The zero-order valence-corrected chi connectivity index (χ0v) is 24.5. The molecule has 0 aliphatic heterocycles. The van der Waals surface area contributed by atoms with E-state index < -0.39 is 24.1 Å². The fourth-order valence-electron chi connectivity index (χ4n) is 5.50. The van der Waals surface area contributed by atoms with Gasteiger partial charge in [-0.3, -0.25) is 4.79 Å². The van der Waals surface area contributed by atoms with Gasteiger partial charge >= 0.3 is 12.1 Å². The Kier molecular flexibility index (Phi) is 9.44. The highest BCUT2D eigenvalue weighted by atomic mass is 16.5. The molecule has 0 heterocycles. The quantitative estimate of drug-likeness (QED) is 0.193. The van der Waals surface area contributed by atoms with E-state index >= 15 is 0 Å². The molecule has 9 heteroatoms. The van der Waals surface area contributed by atoms with Crippen molar-refractivity contribution in [2.75, 3.05) is 20.8 Å². The van der Waals surface area contributed by atoms with Gasteiger partial charge in [-0.15, -0.1) is 0 Å². The van der Waals surface area contributed by atoms with Crippen LogP contribution in [0, 0.1) is 0 Å². The maximum atomic E-state index is 13.1. The smallest absolute Gasteiger partial charge is 0.407 e. The highest BCUT2D eigenvalue weighted by molar-refractivity contribution is 5.82. The Bertz CT molecular complexity index is 1530. The van der Waals surface area contributed by atoms with Crippen LogP contribution in [0.5, 0.6) is 11.5 Å². The van der Waals surface area contributed by atoms with Gasteiger partial charge in [0.1, 0.15) is 24.1 Å². The van der Waals surface area contributed by atoms with Crippen LogP contribution in [0.15, 0.2) is 97.1 Å². The van der Waals surface area contributed by atoms with Crippen molar-refractivity contribution in [3.8, 4) is 22.6 Å². The number of fused-ring (bicyclic) bond motifs is 3. The number of hydrogen-bond acceptors (Lipinski definition) is 6. The Morgan fingerprint density at radius 2 is 1.23 bits per heavy atom. The van der Waals surface area contributed by atoms with E-state index in [1.165, 1.54) is 0 Å². The second-order valence-corrected chi connectivity index (χ2v) is 10.4. The first-order valence-electron chi connectivity index (χ1n) is 14.3. The molecule has 9 nitrogen and oxygen atoms in total. The third kappa shape index (κ3) is 6.83. The topological polar surface area (TPSA) is 123 Å². The molecule has 1 aliphatic carbocycles. The predicted molar refractivity (Wildman–Crippen MR) is 165 cm³/mol. The minimum absolute atomic E-state index is 0.0537. The van der Waals surface area contributed by atoms with Gasteiger partial charge in [-0.05, 0) is 64.1 Å². The number of hydrogen-bond donors (Lipinski definition) is 3. The molecule has 44 heavy (non-hydrogen) atoms. The van der Waals surface area contributed by atoms with Gasteiger partial charge in [0.25, 0.3) is 0 Å². The monoisotopic (exact) mass is 594 g/mol. The maximum Gasteiger partial charge on any atom is 0.407 e. The van der Waals surface area contributed by atoms with Crippen molar-refractivity contribution in [3.05, 3.63) is 119 Å². The standard InChI is InChI=1S/C35H34N2O7/c1-42-24-15-11-22(12-16-24)33(23-13-17-25(43-2)18-14-23)37-32(38)20-19-31(34(39)40)36-35(41)44-21-30-28-9-5-3-7-26(28)27-8-4-6-10-29(27)30/h3-18,30-31,33H,19-21H2,1-2H3,(H,36,41)(H,37,38)(H,39,40)/t31-/m1/s1. The van der Waals surface area contributed by atoms with Crippen LogP contribution in [0.1, 0.15) is 47.1 Å². The molecule has 1 atom stereocenters. The van der Waals surface area contributed by atoms with E-state index in [0.717, 1.165) is 33.4 Å². The number of ether oxygens (including phenoxy) is 3. The molecular weight excluding hydrogens is 560 g/mol. The van der Waals surface area contributed by atoms with Crippen molar-refractivity contribution in [2.24, 2.45) is 0 Å². The molecule has 0 bridgehead atoms. The molecule has 5 rings (SSSR count). The molecule has 3 N–H and O–H groups in total. The van der Waals surface area contributed by atoms with Gasteiger partial charge in [0, 0.05) is 12.3 Å². The Morgan fingerprint density at radius 3 is 1.70 bits per heavy atom. The van der Waals surface area contributed by atoms with E-state index in [4.69, 9.17) is 14.2 Å². The molecular formula is C35H34N2O7. The first-order chi connectivity index (χ1) is 21.4. The lowest BCUT2D eigenvalue weighted by molar-refractivity contribution is -0.139. The maximum absolute atomic E-state index is 13.1. The zero-order valence-electron chi connectivity index (χ0n) is 24.5. The highest BCUT2D eigenvalue weighted by Crippen LogP contribution is 2.44. The molecule has 0 radical (unpaired) electrons. The van der Waals surface area contributed by atoms with Crippen molar-refractivity contribution in [2.45, 2.75) is 30.8 Å². The van der Waals surface area contributed by atoms with Crippen molar-refractivity contribution in [3.63, 3.8) is 0 Å². The average molecular weight is 595 g/mol. The van der Waals surface area contributed by atoms with E-state index in [2.05, 4.69) is 10.6 Å². The first-order valence-corrected chi connectivity index (χ1v) is 14.3. The molecule has 0 saturated carbocycles. The molecule has 0 unspecified atom stereocenters. The summed E-state index contributed by atoms with van der Waals surface area (Å²) >= 11 is 0. The van der Waals surface area contributed by atoms with Gasteiger partial charge in [0.15, 0.2) is 0 Å². The number of amides is 2. The molecule has 0 spiro atoms. The van der Waals surface area contributed by atoms with Crippen molar-refractivity contribution in [1.82, 2.24) is 10.6 Å². The van der Waals surface area contributed by atoms with E-state index in [0.29, 0.717) is 11.5 Å². The average Bonchev–Trinajstić information content (AvgIpc) is 3.38. The fourth-order valence-corrected chi connectivity index (χ4v) is 5.50. The lowest BCUT2D eigenvalue weighted by Gasteiger charge is -2.21. The third-order valence-electron chi connectivity index (χ3n) is 7.80. The van der Waals surface area contributed by atoms with Crippen LogP contribution in [0.2, 0.25) is 0 Å². The number of aliphatic carboxylic acids is 1. The molecule has 4 aromatic carbocycles. The lowest BCUT2D eigenvalue weighted by Crippen LogP contribution is -2.42. The number of carbonyl (C=O) groups excluding carboxylic acids is 2. The van der Waals surface area contributed by atoms with Crippen molar-refractivity contribution >= 4 is 18.0 Å². The summed E-state index contributed by atoms with van der Waals surface area (Å²) in [6, 6.07) is 28.7. The van der Waals surface area contributed by atoms with Gasteiger partial charge < -0.3 is 30.0 Å². The molecule has 1 aliphatic rings. The fraction of sp³-hybridized carbons (Fsp3) is 0.229. The van der Waals surface area contributed by atoms with E-state index in [1.54, 1.807) is 38.5 Å².